The summed E-state index contributed by atoms with van der Waals surface area (Å²) in [6.45, 7) is 6.51. The number of benzene rings is 1. The fourth-order valence-electron chi connectivity index (χ4n) is 10.2. The second kappa shape index (κ2) is 30.2. The molecule has 0 radical (unpaired) electrons. The molecule has 3 aliphatic heterocycles. The van der Waals surface area contributed by atoms with Gasteiger partial charge in [0.15, 0.2) is 43.1 Å². The second-order valence-electron chi connectivity index (χ2n) is 19.8. The molecule has 12 atom stereocenters. The third-order valence-corrected chi connectivity index (χ3v) is 14.2. The molecule has 4 heterocycles. The molecule has 80 heavy (non-hydrogen) atoms. The van der Waals surface area contributed by atoms with Crippen LogP contribution in [0.3, 0.4) is 0 Å². The van der Waals surface area contributed by atoms with Gasteiger partial charge < -0.3 is 67.6 Å². The van der Waals surface area contributed by atoms with E-state index in [0.717, 1.165) is 97.7 Å². The van der Waals surface area contributed by atoms with Crippen molar-refractivity contribution in [3.8, 4) is 11.3 Å². The highest BCUT2D eigenvalue weighted by Gasteiger charge is 2.58. The molecule has 4 aliphatic rings. The van der Waals surface area contributed by atoms with Crippen LogP contribution in [-0.4, -0.2) is 174 Å². The van der Waals surface area contributed by atoms with Crippen molar-refractivity contribution in [2.45, 2.75) is 193 Å². The number of unbranched alkanes of at least 4 members (excludes halogenated alkanes) is 2. The zero-order valence-electron chi connectivity index (χ0n) is 45.8. The van der Waals surface area contributed by atoms with Crippen molar-refractivity contribution in [1.82, 2.24) is 19.8 Å². The lowest BCUT2D eigenvalue weighted by Crippen LogP contribution is -2.67. The fourth-order valence-corrected chi connectivity index (χ4v) is 10.8. The van der Waals surface area contributed by atoms with Crippen LogP contribution in [0.2, 0.25) is 0 Å². The van der Waals surface area contributed by atoms with Gasteiger partial charge in [0.1, 0.15) is 54.3 Å². The van der Waals surface area contributed by atoms with Crippen LogP contribution in [0.5, 0.6) is 0 Å². The van der Waals surface area contributed by atoms with Gasteiger partial charge in [-0.25, -0.2) is 0 Å². The van der Waals surface area contributed by atoms with Crippen LogP contribution in [0.1, 0.15) is 119 Å². The van der Waals surface area contributed by atoms with E-state index in [0.29, 0.717) is 49.3 Å². The average Bonchev–Trinajstić information content (AvgIpc) is 4.09. The van der Waals surface area contributed by atoms with E-state index in [4.69, 9.17) is 52.1 Å². The highest BCUT2D eigenvalue weighted by molar-refractivity contribution is 7.10. The minimum atomic E-state index is -1.85. The molecule has 1 saturated carbocycles. The molecule has 2 N–H and O–H groups in total. The molecule has 1 aliphatic carbocycles. The lowest BCUT2D eigenvalue weighted by atomic mass is 9.83. The number of rotatable bonds is 24. The highest BCUT2D eigenvalue weighted by Crippen LogP contribution is 2.37. The van der Waals surface area contributed by atoms with Crippen molar-refractivity contribution in [2.24, 2.45) is 5.92 Å². The molecule has 26 nitrogen and oxygen atoms in total. The third kappa shape index (κ3) is 17.9. The Bertz CT molecular complexity index is 2490. The van der Waals surface area contributed by atoms with Crippen LogP contribution < -0.4 is 10.6 Å². The Kier molecular flexibility index (Phi) is 23.6. The Labute approximate surface area is 466 Å². The summed E-state index contributed by atoms with van der Waals surface area (Å²) >= 11 is 1.05. The van der Waals surface area contributed by atoms with Crippen LogP contribution in [0.15, 0.2) is 30.3 Å². The summed E-state index contributed by atoms with van der Waals surface area (Å²) in [5.41, 5.74) is 1.31. The Hall–Kier alpha value is -6.68. The Morgan fingerprint density at radius 3 is 1.77 bits per heavy atom. The summed E-state index contributed by atoms with van der Waals surface area (Å²) in [5, 5.41) is 10.7. The van der Waals surface area contributed by atoms with Crippen LogP contribution in [0.25, 0.3) is 11.3 Å². The van der Waals surface area contributed by atoms with E-state index in [1.807, 2.05) is 30.3 Å². The number of ether oxygens (including phenoxy) is 11. The number of carbonyl (C=O) groups excluding carboxylic acids is 10. The zero-order valence-corrected chi connectivity index (χ0v) is 46.6. The van der Waals surface area contributed by atoms with Gasteiger partial charge in [0.25, 0.3) is 0 Å². The highest BCUT2D eigenvalue weighted by atomic mass is 32.1. The smallest absolute Gasteiger partial charge is 0.303 e. The van der Waals surface area contributed by atoms with Gasteiger partial charge >= 0.3 is 41.8 Å². The second-order valence-corrected chi connectivity index (χ2v) is 20.5. The molecular weight excluding hydrogens is 1070 g/mol. The molecule has 0 bridgehead atoms. The molecule has 6 rings (SSSR count). The van der Waals surface area contributed by atoms with Gasteiger partial charge in [0.05, 0.1) is 0 Å². The van der Waals surface area contributed by atoms with Gasteiger partial charge in [0.2, 0.25) is 17.7 Å². The SMILES string of the molecule is CC(=O)OC[C@H]1O[C@@H](O[C@H]2[C@H](OC(C)=O)[C@H](OC(C)=O)[C@H](OCCCCCC(=O)N[C@H](C(=O)N3CCC[C@H]3C(=O)Nc3snnc3-c3ccccc3)C3CCCCC3)O[C@@H]2COC(C)=O)[C@H](OC(C)=O)[C@@H](OC(C)=O)[C@H]1OC(C)=O. The van der Waals surface area contributed by atoms with E-state index in [9.17, 15) is 47.9 Å². The Morgan fingerprint density at radius 2 is 1.18 bits per heavy atom. The van der Waals surface area contributed by atoms with Gasteiger partial charge in [0, 0.05) is 85.1 Å². The summed E-state index contributed by atoms with van der Waals surface area (Å²) in [6, 6.07) is 7.73. The number of hydrogen-bond acceptors (Lipinski definition) is 24. The van der Waals surface area contributed by atoms with Crippen LogP contribution in [0, 0.1) is 5.92 Å². The minimum absolute atomic E-state index is 0.0499. The molecule has 0 unspecified atom stereocenters. The largest absolute Gasteiger partial charge is 0.463 e. The van der Waals surface area contributed by atoms with Crippen LogP contribution in [-0.2, 0) is 100 Å². The molecule has 1 aromatic carbocycles. The summed E-state index contributed by atoms with van der Waals surface area (Å²) in [4.78, 5) is 131. The minimum Gasteiger partial charge on any atom is -0.463 e. The maximum Gasteiger partial charge on any atom is 0.303 e. The van der Waals surface area contributed by atoms with Gasteiger partial charge in [-0.3, -0.25) is 47.9 Å². The van der Waals surface area contributed by atoms with Gasteiger partial charge in [-0.2, -0.15) is 0 Å². The normalized spacial score (nSPS) is 26.1. The van der Waals surface area contributed by atoms with Crippen molar-refractivity contribution >= 4 is 76.0 Å². The molecule has 27 heteroatoms. The first-order valence-corrected chi connectivity index (χ1v) is 27.5. The van der Waals surface area contributed by atoms with E-state index in [1.54, 1.807) is 4.90 Å². The first-order chi connectivity index (χ1) is 38.2. The number of anilines is 1. The zero-order chi connectivity index (χ0) is 58.0. The van der Waals surface area contributed by atoms with Gasteiger partial charge in [-0.1, -0.05) is 60.5 Å². The van der Waals surface area contributed by atoms with E-state index in [-0.39, 0.29) is 36.7 Å². The molecule has 3 amide bonds. The summed E-state index contributed by atoms with van der Waals surface area (Å²) in [7, 11) is 0. The van der Waals surface area contributed by atoms with Crippen LogP contribution >= 0.6 is 11.5 Å². The quantitative estimate of drug-likeness (QED) is 0.0864. The van der Waals surface area contributed by atoms with Crippen molar-refractivity contribution in [3.63, 3.8) is 0 Å². The molecule has 3 saturated heterocycles. The topological polar surface area (TPSA) is 325 Å². The molecule has 440 valence electrons. The van der Waals surface area contributed by atoms with Crippen LogP contribution in [0.4, 0.5) is 5.00 Å². The first kappa shape index (κ1) is 62.5. The summed E-state index contributed by atoms with van der Waals surface area (Å²) in [6.07, 6.45) is -9.62. The van der Waals surface area contributed by atoms with E-state index < -0.39 is 128 Å². The molecule has 2 aromatic rings. The predicted octanol–water partition coefficient (Wildman–Crippen LogP) is 3.40. The Balaban J connectivity index is 1.13. The number of likely N-dealkylation sites (tertiary alicyclic amines) is 1. The third-order valence-electron chi connectivity index (χ3n) is 13.5. The first-order valence-electron chi connectivity index (χ1n) is 26.7. The number of hydrogen-bond donors (Lipinski definition) is 2. The maximum atomic E-state index is 14.5. The number of esters is 7. The number of nitrogens with zero attached hydrogens (tertiary/aromatic N) is 3. The number of amides is 3. The fraction of sp³-hybridized carbons (Fsp3) is 0.660. The molecule has 1 aromatic heterocycles. The lowest BCUT2D eigenvalue weighted by molar-refractivity contribution is -0.361. The van der Waals surface area contributed by atoms with Gasteiger partial charge in [-0.15, -0.1) is 5.10 Å². The van der Waals surface area contributed by atoms with Crippen molar-refractivity contribution in [2.75, 3.05) is 31.7 Å². The predicted molar refractivity (Wildman–Crippen MR) is 275 cm³/mol. The lowest BCUT2D eigenvalue weighted by Gasteiger charge is -2.48. The molecule has 4 fully saturated rings. The number of aromatic nitrogens is 2. The average molecular weight is 1150 g/mol. The summed E-state index contributed by atoms with van der Waals surface area (Å²) < 4.78 is 67.5. The van der Waals surface area contributed by atoms with E-state index in [1.165, 1.54) is 0 Å². The van der Waals surface area contributed by atoms with Crippen molar-refractivity contribution in [3.05, 3.63) is 30.3 Å². The monoisotopic (exact) mass is 1150 g/mol. The molecule has 0 spiro atoms. The Morgan fingerprint density at radius 1 is 0.625 bits per heavy atom. The standard InChI is InChI=1S/C53H71N5O21S/c1-28(59)70-26-38-43(72-30(3)61)45(73-31(4)62)48(76-34(7)65)53(78-38)79-44-39(27-71-29(2)60)77-52(47(75-33(6)64)46(44)74-32(5)63)69-25-16-10-15-23-40(66)54-42(36-20-13-9-14-21-36)51(68)58-24-17-22-37(58)49(67)55-50-41(56-57-80-50)35-18-11-8-12-19-35/h8,11-12,18-19,36-39,42-48,52-53H,9-10,13-17,20-27H2,1-7H3,(H,54,66)(H,55,67)/t37-,38+,39+,42-,43-,44+,45-,46-,47-,48+,52+,53-/m0/s1. The van der Waals surface area contributed by atoms with E-state index in [2.05, 4.69) is 20.2 Å². The maximum absolute atomic E-state index is 14.5. The number of nitrogens with one attached hydrogen (secondary N) is 2. The number of carbonyl (C=O) groups is 10. The summed E-state index contributed by atoms with van der Waals surface area (Å²) in [5.74, 6) is -7.19. The van der Waals surface area contributed by atoms with Crippen molar-refractivity contribution in [1.29, 1.82) is 0 Å². The molecular formula is C53H71N5O21S. The van der Waals surface area contributed by atoms with Crippen molar-refractivity contribution < 1.29 is 100 Å². The van der Waals surface area contributed by atoms with Gasteiger partial charge in [-0.05, 0) is 44.4 Å². The van der Waals surface area contributed by atoms with E-state index >= 15 is 0 Å².